The molecular formula is C20H27N3O2S. The van der Waals surface area contributed by atoms with Gasteiger partial charge in [0.1, 0.15) is 0 Å². The maximum Gasteiger partial charge on any atom is 0.254 e. The molecule has 0 saturated heterocycles. The summed E-state index contributed by atoms with van der Waals surface area (Å²) in [5, 5.41) is 3.58. The van der Waals surface area contributed by atoms with Crippen LogP contribution in [0.1, 0.15) is 49.9 Å². The first-order valence-electron chi connectivity index (χ1n) is 9.05. The summed E-state index contributed by atoms with van der Waals surface area (Å²) in [7, 11) is 0. The molecule has 2 N–H and O–H groups in total. The first kappa shape index (κ1) is 20.2. The molecule has 0 aliphatic carbocycles. The van der Waals surface area contributed by atoms with E-state index in [2.05, 4.69) is 22.2 Å². The molecule has 0 fully saturated rings. The molecule has 1 aromatic carbocycles. The summed E-state index contributed by atoms with van der Waals surface area (Å²) in [4.78, 5) is 31.7. The highest BCUT2D eigenvalue weighted by atomic mass is 32.2. The van der Waals surface area contributed by atoms with E-state index in [1.54, 1.807) is 0 Å². The van der Waals surface area contributed by atoms with Crippen LogP contribution in [-0.2, 0) is 17.0 Å². The van der Waals surface area contributed by atoms with E-state index in [1.807, 2.05) is 44.2 Å². The SMILES string of the molecule is CCC[C@@H](C)NC(=O)CCc1c(C)nc(SCc2ccccc2)[nH]c1=O. The van der Waals surface area contributed by atoms with E-state index in [-0.39, 0.29) is 17.5 Å². The summed E-state index contributed by atoms with van der Waals surface area (Å²) in [6.45, 7) is 5.92. The van der Waals surface area contributed by atoms with Gasteiger partial charge in [0.25, 0.3) is 5.56 Å². The number of benzene rings is 1. The number of aryl methyl sites for hydroxylation is 1. The Bertz CT molecular complexity index is 774. The Balaban J connectivity index is 1.94. The molecule has 0 unspecified atom stereocenters. The number of hydrogen-bond acceptors (Lipinski definition) is 4. The van der Waals surface area contributed by atoms with Crippen molar-refractivity contribution < 1.29 is 4.79 Å². The highest BCUT2D eigenvalue weighted by molar-refractivity contribution is 7.98. The Morgan fingerprint density at radius 2 is 2.04 bits per heavy atom. The lowest BCUT2D eigenvalue weighted by Crippen LogP contribution is -2.33. The van der Waals surface area contributed by atoms with Crippen molar-refractivity contribution >= 4 is 17.7 Å². The number of aromatic nitrogens is 2. The zero-order valence-electron chi connectivity index (χ0n) is 15.7. The summed E-state index contributed by atoms with van der Waals surface area (Å²) in [6, 6.07) is 10.2. The number of carbonyl (C=O) groups is 1. The summed E-state index contributed by atoms with van der Waals surface area (Å²) < 4.78 is 0. The van der Waals surface area contributed by atoms with Gasteiger partial charge in [-0.3, -0.25) is 9.59 Å². The van der Waals surface area contributed by atoms with Gasteiger partial charge in [-0.2, -0.15) is 0 Å². The van der Waals surface area contributed by atoms with Crippen LogP contribution in [-0.4, -0.2) is 21.9 Å². The van der Waals surface area contributed by atoms with Crippen molar-refractivity contribution in [3.05, 3.63) is 57.5 Å². The maximum absolute atomic E-state index is 12.4. The minimum Gasteiger partial charge on any atom is -0.354 e. The fourth-order valence-corrected chi connectivity index (χ4v) is 3.63. The lowest BCUT2D eigenvalue weighted by molar-refractivity contribution is -0.121. The van der Waals surface area contributed by atoms with E-state index < -0.39 is 0 Å². The van der Waals surface area contributed by atoms with Gasteiger partial charge >= 0.3 is 0 Å². The lowest BCUT2D eigenvalue weighted by atomic mass is 10.1. The van der Waals surface area contributed by atoms with Crippen LogP contribution in [0, 0.1) is 6.92 Å². The third-order valence-electron chi connectivity index (χ3n) is 4.15. The Labute approximate surface area is 159 Å². The minimum atomic E-state index is -0.150. The van der Waals surface area contributed by atoms with E-state index in [4.69, 9.17) is 0 Å². The molecule has 2 aromatic rings. The molecule has 0 spiro atoms. The molecule has 26 heavy (non-hydrogen) atoms. The molecule has 0 radical (unpaired) electrons. The second-order valence-electron chi connectivity index (χ2n) is 6.47. The average Bonchev–Trinajstić information content (AvgIpc) is 2.60. The minimum absolute atomic E-state index is 0.0210. The van der Waals surface area contributed by atoms with Gasteiger partial charge in [-0.1, -0.05) is 55.4 Å². The molecule has 140 valence electrons. The first-order valence-corrected chi connectivity index (χ1v) is 10.0. The summed E-state index contributed by atoms with van der Waals surface area (Å²) in [5.74, 6) is 0.729. The van der Waals surface area contributed by atoms with Gasteiger partial charge in [-0.15, -0.1) is 0 Å². The number of nitrogens with one attached hydrogen (secondary N) is 2. The van der Waals surface area contributed by atoms with Crippen LogP contribution in [0.2, 0.25) is 0 Å². The van der Waals surface area contributed by atoms with Gasteiger partial charge in [0.05, 0.1) is 0 Å². The highest BCUT2D eigenvalue weighted by Crippen LogP contribution is 2.19. The van der Waals surface area contributed by atoms with Crippen molar-refractivity contribution in [1.82, 2.24) is 15.3 Å². The third kappa shape index (κ3) is 6.33. The molecule has 1 heterocycles. The summed E-state index contributed by atoms with van der Waals surface area (Å²) in [6.07, 6.45) is 2.70. The zero-order chi connectivity index (χ0) is 18.9. The van der Waals surface area contributed by atoms with E-state index in [1.165, 1.54) is 17.3 Å². The Kier molecular flexibility index (Phi) is 7.91. The number of hydrogen-bond donors (Lipinski definition) is 2. The number of H-pyrrole nitrogens is 1. The molecule has 0 saturated carbocycles. The van der Waals surface area contributed by atoms with E-state index in [9.17, 15) is 9.59 Å². The first-order chi connectivity index (χ1) is 12.5. The molecule has 0 aliphatic rings. The van der Waals surface area contributed by atoms with E-state index >= 15 is 0 Å². The zero-order valence-corrected chi connectivity index (χ0v) is 16.5. The second kappa shape index (κ2) is 10.2. The van der Waals surface area contributed by atoms with E-state index in [0.29, 0.717) is 29.3 Å². The number of rotatable bonds is 9. The Morgan fingerprint density at radius 1 is 1.31 bits per heavy atom. The van der Waals surface area contributed by atoms with Crippen molar-refractivity contribution in [2.75, 3.05) is 0 Å². The average molecular weight is 374 g/mol. The van der Waals surface area contributed by atoms with Gasteiger partial charge in [-0.05, 0) is 32.3 Å². The summed E-state index contributed by atoms with van der Waals surface area (Å²) in [5.41, 5.74) is 2.31. The Morgan fingerprint density at radius 3 is 2.69 bits per heavy atom. The number of carbonyl (C=O) groups excluding carboxylic acids is 1. The van der Waals surface area contributed by atoms with Crippen LogP contribution in [0.4, 0.5) is 0 Å². The molecule has 6 heteroatoms. The molecule has 1 amide bonds. The van der Waals surface area contributed by atoms with Crippen molar-refractivity contribution in [3.63, 3.8) is 0 Å². The van der Waals surface area contributed by atoms with Crippen LogP contribution < -0.4 is 10.9 Å². The van der Waals surface area contributed by atoms with Crippen molar-refractivity contribution in [3.8, 4) is 0 Å². The predicted molar refractivity (Wildman–Crippen MR) is 106 cm³/mol. The fraction of sp³-hybridized carbons (Fsp3) is 0.450. The smallest absolute Gasteiger partial charge is 0.254 e. The normalized spacial score (nSPS) is 12.0. The Hall–Kier alpha value is -2.08. The lowest BCUT2D eigenvalue weighted by Gasteiger charge is -2.13. The molecule has 1 aromatic heterocycles. The maximum atomic E-state index is 12.4. The topological polar surface area (TPSA) is 74.8 Å². The van der Waals surface area contributed by atoms with Crippen molar-refractivity contribution in [2.24, 2.45) is 0 Å². The molecule has 2 rings (SSSR count). The van der Waals surface area contributed by atoms with Gasteiger partial charge < -0.3 is 10.3 Å². The van der Waals surface area contributed by atoms with Crippen molar-refractivity contribution in [1.29, 1.82) is 0 Å². The van der Waals surface area contributed by atoms with Gasteiger partial charge in [-0.25, -0.2) is 4.98 Å². The van der Waals surface area contributed by atoms with Gasteiger partial charge in [0.2, 0.25) is 5.91 Å². The number of thioether (sulfide) groups is 1. The standard InChI is InChI=1S/C20H27N3O2S/c1-4-8-14(2)21-18(24)12-11-17-15(3)22-20(23-19(17)25)26-13-16-9-6-5-7-10-16/h5-7,9-10,14H,4,8,11-13H2,1-3H3,(H,21,24)(H,22,23,25)/t14-/m1/s1. The third-order valence-corrected chi connectivity index (χ3v) is 5.09. The quantitative estimate of drug-likeness (QED) is 0.520. The second-order valence-corrected chi connectivity index (χ2v) is 7.43. The largest absolute Gasteiger partial charge is 0.354 e. The number of aromatic amines is 1. The molecule has 0 aliphatic heterocycles. The van der Waals surface area contributed by atoms with Crippen molar-refractivity contribution in [2.45, 2.75) is 63.4 Å². The molecule has 5 nitrogen and oxygen atoms in total. The predicted octanol–water partition coefficient (Wildman–Crippen LogP) is 3.61. The van der Waals surface area contributed by atoms with Crippen LogP contribution in [0.3, 0.4) is 0 Å². The van der Waals surface area contributed by atoms with Crippen LogP contribution in [0.25, 0.3) is 0 Å². The fourth-order valence-electron chi connectivity index (χ4n) is 2.76. The van der Waals surface area contributed by atoms with Gasteiger partial charge in [0.15, 0.2) is 5.16 Å². The van der Waals surface area contributed by atoms with Gasteiger partial charge in [0, 0.05) is 29.5 Å². The monoisotopic (exact) mass is 373 g/mol. The summed E-state index contributed by atoms with van der Waals surface area (Å²) >= 11 is 1.50. The highest BCUT2D eigenvalue weighted by Gasteiger charge is 2.12. The van der Waals surface area contributed by atoms with Crippen LogP contribution in [0.15, 0.2) is 40.3 Å². The molecular weight excluding hydrogens is 346 g/mol. The molecule has 0 bridgehead atoms. The molecule has 1 atom stereocenters. The van der Waals surface area contributed by atoms with Crippen LogP contribution >= 0.6 is 11.8 Å². The van der Waals surface area contributed by atoms with Crippen LogP contribution in [0.5, 0.6) is 0 Å². The number of amides is 1. The van der Waals surface area contributed by atoms with E-state index in [0.717, 1.165) is 18.6 Å². The number of nitrogens with zero attached hydrogens (tertiary/aromatic N) is 1.